The molecular weight excluding hydrogens is 264 g/mol. The fraction of sp³-hybridized carbons (Fsp3) is 0.941. The molecule has 2 N–H and O–H groups in total. The van der Waals surface area contributed by atoms with E-state index in [4.69, 9.17) is 0 Å². The summed E-state index contributed by atoms with van der Waals surface area (Å²) in [4.78, 5) is 13.9. The molecule has 2 fully saturated rings. The summed E-state index contributed by atoms with van der Waals surface area (Å²) in [5, 5.41) is 12.8. The number of carbonyl (C=O) groups is 1. The van der Waals surface area contributed by atoms with Crippen molar-refractivity contribution < 1.29 is 9.90 Å². The van der Waals surface area contributed by atoms with Crippen LogP contribution in [0.15, 0.2) is 0 Å². The van der Waals surface area contributed by atoms with Gasteiger partial charge in [-0.3, -0.25) is 10.1 Å². The molecule has 1 atom stereocenters. The number of carboxylic acid groups (broad SMARTS) is 1. The summed E-state index contributed by atoms with van der Waals surface area (Å²) in [6, 6.07) is 0.436. The van der Waals surface area contributed by atoms with Crippen molar-refractivity contribution in [2.75, 3.05) is 20.1 Å². The van der Waals surface area contributed by atoms with E-state index in [2.05, 4.69) is 17.3 Å². The first-order valence-electron chi connectivity index (χ1n) is 8.69. The van der Waals surface area contributed by atoms with Gasteiger partial charge >= 0.3 is 5.97 Å². The van der Waals surface area contributed by atoms with Gasteiger partial charge in [0.1, 0.15) is 5.54 Å². The molecule has 0 heterocycles. The lowest BCUT2D eigenvalue weighted by molar-refractivity contribution is -0.144. The van der Waals surface area contributed by atoms with Crippen molar-refractivity contribution in [2.24, 2.45) is 5.92 Å². The number of hydrogen-bond donors (Lipinski definition) is 2. The largest absolute Gasteiger partial charge is 0.480 e. The topological polar surface area (TPSA) is 52.6 Å². The second kappa shape index (κ2) is 7.59. The van der Waals surface area contributed by atoms with E-state index in [1.807, 2.05) is 6.92 Å². The Bertz CT molecular complexity index is 338. The minimum Gasteiger partial charge on any atom is -0.480 e. The summed E-state index contributed by atoms with van der Waals surface area (Å²) < 4.78 is 0. The highest BCUT2D eigenvalue weighted by atomic mass is 16.4. The molecule has 0 saturated heterocycles. The van der Waals surface area contributed by atoms with Crippen molar-refractivity contribution >= 4 is 5.97 Å². The summed E-state index contributed by atoms with van der Waals surface area (Å²) in [5.41, 5.74) is -0.743. The first-order valence-corrected chi connectivity index (χ1v) is 8.69. The molecule has 0 aromatic rings. The predicted molar refractivity (Wildman–Crippen MR) is 85.5 cm³/mol. The number of rotatable bonds is 9. The zero-order valence-electron chi connectivity index (χ0n) is 13.7. The van der Waals surface area contributed by atoms with Crippen LogP contribution < -0.4 is 5.32 Å². The van der Waals surface area contributed by atoms with Gasteiger partial charge < -0.3 is 10.0 Å². The van der Waals surface area contributed by atoms with Crippen LogP contribution in [0.2, 0.25) is 0 Å². The Morgan fingerprint density at radius 1 is 1.24 bits per heavy atom. The number of aliphatic carboxylic acids is 1. The van der Waals surface area contributed by atoms with Crippen LogP contribution in [0.25, 0.3) is 0 Å². The van der Waals surface area contributed by atoms with E-state index >= 15 is 0 Å². The first kappa shape index (κ1) is 16.8. The lowest BCUT2D eigenvalue weighted by Gasteiger charge is -2.29. The monoisotopic (exact) mass is 296 g/mol. The third kappa shape index (κ3) is 5.59. The van der Waals surface area contributed by atoms with Crippen molar-refractivity contribution in [1.29, 1.82) is 0 Å². The second-order valence-electron chi connectivity index (χ2n) is 7.43. The molecule has 2 aliphatic carbocycles. The van der Waals surface area contributed by atoms with Crippen molar-refractivity contribution in [1.82, 2.24) is 10.2 Å². The molecule has 0 aliphatic heterocycles. The molecule has 2 saturated carbocycles. The smallest absolute Gasteiger partial charge is 0.323 e. The minimum atomic E-state index is -0.743. The van der Waals surface area contributed by atoms with Gasteiger partial charge in [-0.25, -0.2) is 0 Å². The maximum absolute atomic E-state index is 11.5. The fourth-order valence-electron chi connectivity index (χ4n) is 3.52. The molecule has 1 unspecified atom stereocenters. The third-order valence-electron chi connectivity index (χ3n) is 5.08. The van der Waals surface area contributed by atoms with Crippen LogP contribution in [-0.4, -0.2) is 47.7 Å². The van der Waals surface area contributed by atoms with Crippen LogP contribution in [0, 0.1) is 5.92 Å². The molecule has 0 radical (unpaired) electrons. The highest BCUT2D eigenvalue weighted by molar-refractivity contribution is 5.78. The summed E-state index contributed by atoms with van der Waals surface area (Å²) in [5.74, 6) is 0.156. The van der Waals surface area contributed by atoms with Gasteiger partial charge in [0.15, 0.2) is 0 Å². The van der Waals surface area contributed by atoms with Crippen molar-refractivity contribution in [3.05, 3.63) is 0 Å². The van der Waals surface area contributed by atoms with Crippen molar-refractivity contribution in [2.45, 2.75) is 76.3 Å². The van der Waals surface area contributed by atoms with Gasteiger partial charge in [-0.1, -0.05) is 19.3 Å². The standard InChI is InChI=1S/C17H32N2O2/c1-17(16(20)21,18-15-9-10-15)11-6-12-19(2)13-14-7-4-3-5-8-14/h14-15,18H,3-13H2,1-2H3,(H,20,21). The van der Waals surface area contributed by atoms with Crippen molar-refractivity contribution in [3.63, 3.8) is 0 Å². The molecule has 2 aliphatic rings. The number of hydrogen-bond acceptors (Lipinski definition) is 3. The van der Waals surface area contributed by atoms with E-state index in [0.29, 0.717) is 12.5 Å². The molecule has 4 nitrogen and oxygen atoms in total. The predicted octanol–water partition coefficient (Wildman–Crippen LogP) is 2.87. The van der Waals surface area contributed by atoms with Gasteiger partial charge in [-0.05, 0) is 65.0 Å². The van der Waals surface area contributed by atoms with E-state index in [9.17, 15) is 9.90 Å². The Kier molecular flexibility index (Phi) is 6.06. The summed E-state index contributed by atoms with van der Waals surface area (Å²) in [6.45, 7) is 4.03. The average Bonchev–Trinajstić information content (AvgIpc) is 3.23. The molecule has 0 bridgehead atoms. The van der Waals surface area contributed by atoms with E-state index in [1.54, 1.807) is 0 Å². The zero-order valence-corrected chi connectivity index (χ0v) is 13.7. The summed E-state index contributed by atoms with van der Waals surface area (Å²) in [7, 11) is 2.18. The Labute approximate surface area is 129 Å². The maximum Gasteiger partial charge on any atom is 0.323 e. The zero-order chi connectivity index (χ0) is 15.3. The molecule has 21 heavy (non-hydrogen) atoms. The SMILES string of the molecule is CN(CCCC(C)(NC1CC1)C(=O)O)CC1CCCCC1. The molecule has 0 aromatic heterocycles. The molecule has 2 rings (SSSR count). The Morgan fingerprint density at radius 2 is 1.90 bits per heavy atom. The Balaban J connectivity index is 1.67. The molecule has 122 valence electrons. The highest BCUT2D eigenvalue weighted by Gasteiger charge is 2.37. The summed E-state index contributed by atoms with van der Waals surface area (Å²) in [6.07, 6.45) is 10.9. The van der Waals surface area contributed by atoms with Crippen molar-refractivity contribution in [3.8, 4) is 0 Å². The van der Waals surface area contributed by atoms with Gasteiger partial charge in [0.25, 0.3) is 0 Å². The number of nitrogens with zero attached hydrogens (tertiary/aromatic N) is 1. The van der Waals surface area contributed by atoms with Gasteiger partial charge in [0, 0.05) is 12.6 Å². The van der Waals surface area contributed by atoms with E-state index in [-0.39, 0.29) is 0 Å². The molecular formula is C17H32N2O2. The fourth-order valence-corrected chi connectivity index (χ4v) is 3.52. The lowest BCUT2D eigenvalue weighted by Crippen LogP contribution is -2.50. The molecule has 0 amide bonds. The summed E-state index contributed by atoms with van der Waals surface area (Å²) >= 11 is 0. The van der Waals surface area contributed by atoms with Crippen LogP contribution in [0.5, 0.6) is 0 Å². The molecule has 4 heteroatoms. The van der Waals surface area contributed by atoms with E-state index in [1.165, 1.54) is 38.6 Å². The quantitative estimate of drug-likeness (QED) is 0.687. The normalized spacial score (nSPS) is 23.2. The van der Waals surface area contributed by atoms with Crippen LogP contribution in [0.4, 0.5) is 0 Å². The van der Waals surface area contributed by atoms with Gasteiger partial charge in [-0.2, -0.15) is 0 Å². The van der Waals surface area contributed by atoms with E-state index in [0.717, 1.165) is 31.7 Å². The maximum atomic E-state index is 11.5. The van der Waals surface area contributed by atoms with Crippen LogP contribution in [0.1, 0.15) is 64.7 Å². The Morgan fingerprint density at radius 3 is 2.48 bits per heavy atom. The van der Waals surface area contributed by atoms with Gasteiger partial charge in [0.2, 0.25) is 0 Å². The second-order valence-corrected chi connectivity index (χ2v) is 7.43. The number of carboxylic acids is 1. The highest BCUT2D eigenvalue weighted by Crippen LogP contribution is 2.26. The molecule has 0 aromatic carbocycles. The third-order valence-corrected chi connectivity index (χ3v) is 5.08. The van der Waals surface area contributed by atoms with Gasteiger partial charge in [-0.15, -0.1) is 0 Å². The van der Waals surface area contributed by atoms with Crippen LogP contribution in [-0.2, 0) is 4.79 Å². The average molecular weight is 296 g/mol. The minimum absolute atomic E-state index is 0.436. The number of nitrogens with one attached hydrogen (secondary N) is 1. The van der Waals surface area contributed by atoms with Crippen LogP contribution >= 0.6 is 0 Å². The Hall–Kier alpha value is -0.610. The first-order chi connectivity index (χ1) is 9.99. The van der Waals surface area contributed by atoms with Crippen LogP contribution in [0.3, 0.4) is 0 Å². The molecule has 0 spiro atoms. The van der Waals surface area contributed by atoms with E-state index < -0.39 is 11.5 Å². The lowest BCUT2D eigenvalue weighted by atomic mass is 9.89. The van der Waals surface area contributed by atoms with Gasteiger partial charge in [0.05, 0.1) is 0 Å².